The van der Waals surface area contributed by atoms with Gasteiger partial charge in [0.05, 0.1) is 40.7 Å². The molecule has 3 atom stereocenters. The Balaban J connectivity index is 0.000000139. The van der Waals surface area contributed by atoms with Crippen LogP contribution in [-0.2, 0) is 41.9 Å². The summed E-state index contributed by atoms with van der Waals surface area (Å²) in [7, 11) is 1.80. The number of ether oxygens (including phenoxy) is 3. The van der Waals surface area contributed by atoms with Gasteiger partial charge in [0.15, 0.2) is 28.9 Å². The molecule has 0 bridgehead atoms. The summed E-state index contributed by atoms with van der Waals surface area (Å²) in [6.07, 6.45) is 11.4. The number of methoxy groups -OCH3 is 1. The molecule has 12 heterocycles. The van der Waals surface area contributed by atoms with Crippen molar-refractivity contribution in [1.29, 1.82) is 0 Å². The number of carbonyl (C=O) groups excluding carboxylic acids is 11. The summed E-state index contributed by atoms with van der Waals surface area (Å²) < 4.78 is 63.7. The van der Waals surface area contributed by atoms with Crippen molar-refractivity contribution in [2.75, 3.05) is 148 Å². The van der Waals surface area contributed by atoms with Crippen LogP contribution in [0.3, 0.4) is 0 Å². The van der Waals surface area contributed by atoms with Crippen molar-refractivity contribution in [2.24, 2.45) is 17.6 Å². The van der Waals surface area contributed by atoms with Crippen molar-refractivity contribution in [3.63, 3.8) is 0 Å². The first-order chi connectivity index (χ1) is 71.0. The molecule has 7 aliphatic heterocycles. The predicted molar refractivity (Wildman–Crippen MR) is 552 cm³/mol. The summed E-state index contributed by atoms with van der Waals surface area (Å²) in [5, 5.41) is 21.7. The number of amides is 6. The van der Waals surface area contributed by atoms with Gasteiger partial charge in [-0.15, -0.1) is 0 Å². The molecule has 6 amide bonds. The smallest absolute Gasteiger partial charge is 0.417 e. The Morgan fingerprint density at radius 3 is 1.26 bits per heavy atom. The monoisotopic (exact) mass is 2070 g/mol. The molecule has 11 aromatic rings. The van der Waals surface area contributed by atoms with Crippen molar-refractivity contribution < 1.29 is 80.1 Å². The van der Waals surface area contributed by atoms with Crippen LogP contribution >= 0.6 is 23.2 Å². The third kappa shape index (κ3) is 27.9. The number of nitrogens with zero attached hydrogens (tertiary/aromatic N) is 20. The van der Waals surface area contributed by atoms with Crippen LogP contribution in [0, 0.1) is 25.7 Å². The average molecular weight is 2070 g/mol. The van der Waals surface area contributed by atoms with E-state index >= 15 is 0 Å². The maximum atomic E-state index is 13.2. The van der Waals surface area contributed by atoms with Crippen LogP contribution in [0.4, 0.5) is 48.5 Å². The number of hydrogen-bond acceptors (Lipinski definition) is 24. The van der Waals surface area contributed by atoms with Crippen LogP contribution in [0.1, 0.15) is 188 Å². The van der Waals surface area contributed by atoms with E-state index in [2.05, 4.69) is 120 Å². The van der Waals surface area contributed by atoms with Crippen molar-refractivity contribution in [3.05, 3.63) is 272 Å². The number of piperazine rings is 3. The number of para-hydroxylation sites is 1. The first-order valence-electron chi connectivity index (χ1n) is 50.1. The second kappa shape index (κ2) is 49.7. The van der Waals surface area contributed by atoms with Gasteiger partial charge in [0.25, 0.3) is 0 Å². The molecule has 7 saturated heterocycles. The fraction of sp³-hybridized carbons (Fsp3) is 0.426. The lowest BCUT2D eigenvalue weighted by Gasteiger charge is -2.37. The van der Waals surface area contributed by atoms with Crippen molar-refractivity contribution in [2.45, 2.75) is 151 Å². The van der Waals surface area contributed by atoms with Gasteiger partial charge < -0.3 is 54.2 Å². The van der Waals surface area contributed by atoms with E-state index in [9.17, 15) is 65.9 Å². The third-order valence-corrected chi connectivity index (χ3v) is 28.8. The molecule has 6 aromatic carbocycles. The van der Waals surface area contributed by atoms with Crippen molar-refractivity contribution in [1.82, 2.24) is 88.1 Å². The second-order valence-corrected chi connectivity index (χ2v) is 39.3. The summed E-state index contributed by atoms with van der Waals surface area (Å²) in [4.78, 5) is 151. The lowest BCUT2D eigenvalue weighted by atomic mass is 9.99. The van der Waals surface area contributed by atoms with Gasteiger partial charge >= 0.3 is 36.3 Å². The molecular formula is C108H126Cl2F3N21O14. The van der Waals surface area contributed by atoms with E-state index in [0.29, 0.717) is 131 Å². The quantitative estimate of drug-likeness (QED) is 0.0653. The number of benzene rings is 6. The van der Waals surface area contributed by atoms with E-state index in [4.69, 9.17) is 43.1 Å². The molecule has 1 saturated carbocycles. The number of hydrogen-bond donors (Lipinski definition) is 1. The molecule has 19 rings (SSSR count). The maximum absolute atomic E-state index is 13.2. The van der Waals surface area contributed by atoms with Crippen LogP contribution in [0.15, 0.2) is 189 Å². The average Bonchev–Trinajstić information content (AvgIpc) is 1.61. The normalized spacial score (nSPS) is 17.9. The Morgan fingerprint density at radius 1 is 0.399 bits per heavy atom. The molecule has 782 valence electrons. The molecule has 8 aliphatic rings. The number of halogens is 5. The number of ketones is 5. The second-order valence-electron chi connectivity index (χ2n) is 38.5. The van der Waals surface area contributed by atoms with Crippen molar-refractivity contribution >= 4 is 99.6 Å². The van der Waals surface area contributed by atoms with Crippen LogP contribution in [0.5, 0.6) is 5.75 Å². The fourth-order valence-electron chi connectivity index (χ4n) is 19.6. The number of aryl methyl sites for hydroxylation is 2. The summed E-state index contributed by atoms with van der Waals surface area (Å²) in [6.45, 7) is 28.0. The zero-order valence-corrected chi connectivity index (χ0v) is 86.1. The lowest BCUT2D eigenvalue weighted by molar-refractivity contribution is -0.138. The number of fused-ring (bicyclic) bond motifs is 1. The molecule has 148 heavy (non-hydrogen) atoms. The number of aromatic nitrogens is 10. The van der Waals surface area contributed by atoms with Crippen LogP contribution in [-0.4, -0.2) is 309 Å². The third-order valence-electron chi connectivity index (χ3n) is 28.1. The summed E-state index contributed by atoms with van der Waals surface area (Å²) >= 11 is 12.7. The number of primary amides is 1. The molecule has 8 fully saturated rings. The van der Waals surface area contributed by atoms with E-state index in [1.165, 1.54) is 130 Å². The molecular weight excluding hydrogens is 1940 g/mol. The first kappa shape index (κ1) is 108. The Kier molecular flexibility index (Phi) is 36.4. The number of piperidine rings is 2. The van der Waals surface area contributed by atoms with Gasteiger partial charge in [-0.1, -0.05) is 114 Å². The number of Topliss-reactive ketones (excluding diaryl/α,β-unsaturated/α-hetero) is 5. The molecule has 35 nitrogen and oxygen atoms in total. The van der Waals surface area contributed by atoms with E-state index < -0.39 is 23.2 Å². The van der Waals surface area contributed by atoms with Gasteiger partial charge in [-0.25, -0.2) is 24.0 Å². The SMILES string of the molecule is CC(=O)c1ccn(C(=O)N2CCC(Oc3cccc(Cl)c3N3CCCC3)CC2)n1.CC(=O)c1ccn(C(=O)N2CCN(Cc3ccc(-c4ccccc4)cc3C)CC2)n1.CC(=O)c1ccn(C(=O)N2CCN(Cc3ccc(C(N)=O)c(C(F)(F)F)c3)CC2)n1.CC(=O)c1ccn(C(=O)N2C[C@H]3CC(OCc4ccccc4Cl)C[C@H]3C2)n1.COC1CCN(c2cc(C)ccc2CN2CCN(C(=O)n3ccc(C(C)=O)n3)CC2)CC1. The Hall–Kier alpha value is -13.9. The summed E-state index contributed by atoms with van der Waals surface area (Å²) in [5.74, 6) is -0.220. The molecule has 0 radical (unpaired) electrons. The van der Waals surface area contributed by atoms with E-state index in [1.807, 2.05) is 58.3 Å². The maximum Gasteiger partial charge on any atom is 0.417 e. The predicted octanol–water partition coefficient (Wildman–Crippen LogP) is 16.1. The van der Waals surface area contributed by atoms with Crippen LogP contribution in [0.2, 0.25) is 10.0 Å². The largest absolute Gasteiger partial charge is 0.488 e. The molecule has 1 unspecified atom stereocenters. The highest BCUT2D eigenvalue weighted by molar-refractivity contribution is 6.33. The first-order valence-corrected chi connectivity index (χ1v) is 50.8. The minimum absolute atomic E-state index is 0.0317. The van der Waals surface area contributed by atoms with Gasteiger partial charge in [-0.3, -0.25) is 43.5 Å². The van der Waals surface area contributed by atoms with Gasteiger partial charge in [0.1, 0.15) is 40.3 Å². The highest BCUT2D eigenvalue weighted by atomic mass is 35.5. The minimum Gasteiger partial charge on any atom is -0.488 e. The van der Waals surface area contributed by atoms with Crippen molar-refractivity contribution in [3.8, 4) is 16.9 Å². The Bertz CT molecular complexity index is 6540. The van der Waals surface area contributed by atoms with E-state index in [-0.39, 0.29) is 83.5 Å². The summed E-state index contributed by atoms with van der Waals surface area (Å²) in [6, 6.07) is 47.5. The number of anilines is 2. The fourth-order valence-corrected chi connectivity index (χ4v) is 20.1. The minimum atomic E-state index is -4.69. The van der Waals surface area contributed by atoms with E-state index in [1.54, 1.807) is 69.6 Å². The molecule has 0 spiro atoms. The van der Waals surface area contributed by atoms with Crippen LogP contribution in [0.25, 0.3) is 11.1 Å². The van der Waals surface area contributed by atoms with Gasteiger partial charge in [0.2, 0.25) is 5.91 Å². The summed E-state index contributed by atoms with van der Waals surface area (Å²) in [5.41, 5.74) is 16.2. The molecule has 1 aliphatic carbocycles. The van der Waals surface area contributed by atoms with Gasteiger partial charge in [0, 0.05) is 247 Å². The molecule has 5 aromatic heterocycles. The highest BCUT2D eigenvalue weighted by Gasteiger charge is 2.44. The number of likely N-dealkylation sites (tertiary alicyclic amines) is 2. The van der Waals surface area contributed by atoms with Crippen LogP contribution < -0.4 is 20.3 Å². The van der Waals surface area contributed by atoms with E-state index in [0.717, 1.165) is 148 Å². The number of nitrogens with two attached hydrogens (primary N) is 1. The zero-order valence-electron chi connectivity index (χ0n) is 84.5. The Labute approximate surface area is 867 Å². The molecule has 40 heteroatoms. The topological polar surface area (TPSA) is 363 Å². The zero-order chi connectivity index (χ0) is 105. The highest BCUT2D eigenvalue weighted by Crippen LogP contribution is 2.43. The number of alkyl halides is 3. The molecule has 2 N–H and O–H groups in total. The number of rotatable bonds is 21. The Morgan fingerprint density at radius 2 is 0.824 bits per heavy atom. The standard InChI is InChI=1S/C24H33N5O3.C24H26N4O2.C21H25ClN4O3.C20H22ClN3O3.C19H20F3N5O3/c1-18-4-5-20(23(16-18)27-9-6-21(32-3)7-10-27)17-26-12-14-28(15-13-26)24(31)29-11-8-22(25-29)19(2)30;1-18-16-21(20-6-4-3-5-7-20)8-9-22(18)17-26-12-14-27(15-13-26)24(30)28-11-10-23(25-28)19(2)29;1-15(27)18-9-14-26(23-18)21(28)25-12-7-16(8-13-25)29-19-6-4-5-17(22)20(19)24-10-2-3-11-24;1-13(25)19-6-7-24(22-19)20(26)23-10-15-8-17(9-16(15)11-23)27-12-14-4-2-3-5-18(14)21;1-12(28)16-4-5-27(24-16)18(30)26-8-6-25(7-9-26)11-13-2-3-14(17(23)29)15(10-13)19(20,21)22/h4-5,8,11,16,21H,6-7,9-10,12-15,17H2,1-3H3;3-11,16H,12-15,17H2,1-2H3;4-6,9,14,16H,2-3,7-8,10-13H2,1H3;2-7,15-17H,8-12H2,1H3;2-5,10H,6-9,11H2,1H3,(H2,23,29)/t;;;15-,16+,17?;. The van der Waals surface area contributed by atoms with Gasteiger partial charge in [-0.2, -0.15) is 62.1 Å². The lowest BCUT2D eigenvalue weighted by Crippen LogP contribution is -2.49. The number of carbonyl (C=O) groups is 11. The van der Waals surface area contributed by atoms with Gasteiger partial charge in [-0.05, 0) is 175 Å².